The lowest BCUT2D eigenvalue weighted by Crippen LogP contribution is -2.40. The van der Waals surface area contributed by atoms with Crippen molar-refractivity contribution in [3.05, 3.63) is 12.2 Å². The Morgan fingerprint density at radius 3 is 2.77 bits per heavy atom. The first-order chi connectivity index (χ1) is 5.96. The van der Waals surface area contributed by atoms with E-state index in [1.54, 1.807) is 13.8 Å². The normalized spacial score (nSPS) is 18.2. The molecular weight excluding hydrogens is 243 g/mol. The third kappa shape index (κ3) is 3.44. The Labute approximate surface area is 84.7 Å². The molecule has 0 aliphatic rings. The molecular formula is C8H12BrFO3. The molecule has 1 N–H and O–H groups in total. The Morgan fingerprint density at radius 1 is 1.85 bits per heavy atom. The van der Waals surface area contributed by atoms with Gasteiger partial charge in [0.05, 0.1) is 6.61 Å². The summed E-state index contributed by atoms with van der Waals surface area (Å²) in [7, 11) is 0. The highest BCUT2D eigenvalue weighted by Gasteiger charge is 2.43. The molecule has 13 heavy (non-hydrogen) atoms. The first-order valence-corrected chi connectivity index (χ1v) is 4.62. The topological polar surface area (TPSA) is 46.5 Å². The van der Waals surface area contributed by atoms with E-state index in [1.807, 2.05) is 0 Å². The number of ether oxygens (including phenoxy) is 1. The highest BCUT2D eigenvalue weighted by Crippen LogP contribution is 2.27. The first kappa shape index (κ1) is 12.6. The monoisotopic (exact) mass is 254 g/mol. The number of carbonyl (C=O) groups is 1. The van der Waals surface area contributed by atoms with Crippen molar-refractivity contribution in [3.8, 4) is 0 Å². The van der Waals surface area contributed by atoms with Crippen LogP contribution in [0.4, 0.5) is 4.39 Å². The fraction of sp³-hybridized carbons (Fsp3) is 0.625. The first-order valence-electron chi connectivity index (χ1n) is 3.82. The number of carbonyl (C=O) groups excluding carboxylic acids is 1. The van der Waals surface area contributed by atoms with E-state index in [-0.39, 0.29) is 6.61 Å². The molecule has 5 heteroatoms. The van der Waals surface area contributed by atoms with Gasteiger partial charge in [0.25, 0.3) is 4.58 Å². The molecule has 0 aromatic carbocycles. The summed E-state index contributed by atoms with van der Waals surface area (Å²) in [6.45, 7) is 3.24. The molecule has 0 saturated carbocycles. The zero-order valence-corrected chi connectivity index (χ0v) is 9.04. The molecule has 0 fully saturated rings. The average molecular weight is 255 g/mol. The molecule has 0 amide bonds. The van der Waals surface area contributed by atoms with Crippen molar-refractivity contribution in [1.82, 2.24) is 0 Å². The van der Waals surface area contributed by atoms with Crippen molar-refractivity contribution in [3.63, 3.8) is 0 Å². The van der Waals surface area contributed by atoms with Crippen LogP contribution in [0.15, 0.2) is 12.2 Å². The van der Waals surface area contributed by atoms with Crippen LogP contribution in [-0.2, 0) is 9.53 Å². The molecule has 76 valence electrons. The number of esters is 1. The van der Waals surface area contributed by atoms with Crippen molar-refractivity contribution >= 4 is 21.9 Å². The maximum absolute atomic E-state index is 13.4. The summed E-state index contributed by atoms with van der Waals surface area (Å²) in [5, 5.41) is 9.16. The van der Waals surface area contributed by atoms with Crippen LogP contribution in [0, 0.1) is 0 Å². The number of allylic oxidation sites excluding steroid dienone is 1. The molecule has 0 heterocycles. The van der Waals surface area contributed by atoms with E-state index in [9.17, 15) is 9.18 Å². The summed E-state index contributed by atoms with van der Waals surface area (Å²) in [5.74, 6) is -1.12. The summed E-state index contributed by atoms with van der Waals surface area (Å²) in [5.41, 5.74) is 0. The zero-order valence-electron chi connectivity index (χ0n) is 7.46. The van der Waals surface area contributed by atoms with E-state index >= 15 is 0 Å². The number of rotatable bonds is 4. The zero-order chi connectivity index (χ0) is 10.5. The average Bonchev–Trinajstić information content (AvgIpc) is 2.05. The Balaban J connectivity index is 4.44. The largest absolute Gasteiger partial charge is 0.463 e. The predicted molar refractivity (Wildman–Crippen MR) is 50.2 cm³/mol. The second-order valence-electron chi connectivity index (χ2n) is 2.31. The van der Waals surface area contributed by atoms with Gasteiger partial charge in [-0.15, -0.1) is 0 Å². The molecule has 0 aromatic heterocycles. The minimum absolute atomic E-state index is 0.0681. The Bertz CT molecular complexity index is 204. The number of aliphatic hydroxyl groups is 1. The number of aliphatic hydroxyl groups excluding tert-OH is 1. The lowest BCUT2D eigenvalue weighted by Gasteiger charge is -2.19. The highest BCUT2D eigenvalue weighted by molar-refractivity contribution is 9.10. The van der Waals surface area contributed by atoms with Crippen LogP contribution in [0.25, 0.3) is 0 Å². The second kappa shape index (κ2) is 5.34. The third-order valence-electron chi connectivity index (χ3n) is 1.29. The van der Waals surface area contributed by atoms with E-state index in [0.717, 1.165) is 6.08 Å². The van der Waals surface area contributed by atoms with E-state index in [1.165, 1.54) is 6.08 Å². The van der Waals surface area contributed by atoms with Gasteiger partial charge in [-0.05, 0) is 29.8 Å². The molecule has 0 aromatic rings. The van der Waals surface area contributed by atoms with Gasteiger partial charge in [-0.2, -0.15) is 0 Å². The van der Waals surface area contributed by atoms with E-state index in [2.05, 4.69) is 20.7 Å². The van der Waals surface area contributed by atoms with Gasteiger partial charge in [-0.3, -0.25) is 0 Å². The molecule has 0 aliphatic heterocycles. The molecule has 0 saturated heterocycles. The van der Waals surface area contributed by atoms with Gasteiger partial charge in [0.2, 0.25) is 0 Å². The quantitative estimate of drug-likeness (QED) is 0.471. The minimum atomic E-state index is -2.56. The van der Waals surface area contributed by atoms with Crippen LogP contribution in [0.3, 0.4) is 0 Å². The summed E-state index contributed by atoms with van der Waals surface area (Å²) in [6.07, 6.45) is 1.06. The van der Waals surface area contributed by atoms with Crippen LogP contribution in [0.1, 0.15) is 13.8 Å². The van der Waals surface area contributed by atoms with Gasteiger partial charge in [-0.1, -0.05) is 12.2 Å². The van der Waals surface area contributed by atoms with Gasteiger partial charge >= 0.3 is 5.97 Å². The highest BCUT2D eigenvalue weighted by atomic mass is 79.9. The van der Waals surface area contributed by atoms with Crippen molar-refractivity contribution in [1.29, 1.82) is 0 Å². The van der Waals surface area contributed by atoms with E-state index in [4.69, 9.17) is 5.11 Å². The molecule has 0 bridgehead atoms. The fourth-order valence-corrected chi connectivity index (χ4v) is 0.918. The fourth-order valence-electron chi connectivity index (χ4n) is 0.651. The van der Waals surface area contributed by atoms with Crippen molar-refractivity contribution < 1.29 is 19.0 Å². The van der Waals surface area contributed by atoms with Crippen LogP contribution < -0.4 is 0 Å². The summed E-state index contributed by atoms with van der Waals surface area (Å²) in [4.78, 5) is 10.9. The van der Waals surface area contributed by atoms with Crippen molar-refractivity contribution in [2.45, 2.75) is 24.5 Å². The van der Waals surface area contributed by atoms with Crippen LogP contribution in [-0.4, -0.2) is 28.4 Å². The van der Waals surface area contributed by atoms with Crippen LogP contribution >= 0.6 is 15.9 Å². The predicted octanol–water partition coefficient (Wildman–Crippen LogP) is 1.55. The van der Waals surface area contributed by atoms with Crippen molar-refractivity contribution in [2.75, 3.05) is 6.61 Å². The van der Waals surface area contributed by atoms with Gasteiger partial charge in [0, 0.05) is 0 Å². The van der Waals surface area contributed by atoms with Crippen molar-refractivity contribution in [2.24, 2.45) is 0 Å². The van der Waals surface area contributed by atoms with Crippen LogP contribution in [0.5, 0.6) is 0 Å². The Morgan fingerprint density at radius 2 is 2.38 bits per heavy atom. The smallest absolute Gasteiger partial charge is 0.358 e. The maximum atomic E-state index is 13.4. The van der Waals surface area contributed by atoms with E-state index in [0.29, 0.717) is 0 Å². The standard InChI is InChI=1S/C8H12BrFO3/c1-3-5-6(11)8(9,10)7(12)13-4-2/h3,5-6,11H,4H2,1-2H3/b5-3+/t6-,8+/m0/s1. The van der Waals surface area contributed by atoms with Gasteiger partial charge in [0.15, 0.2) is 0 Å². The Hall–Kier alpha value is -0.420. The van der Waals surface area contributed by atoms with Gasteiger partial charge < -0.3 is 9.84 Å². The number of hydrogen-bond donors (Lipinski definition) is 1. The number of hydrogen-bond acceptors (Lipinski definition) is 3. The molecule has 0 unspecified atom stereocenters. The lowest BCUT2D eigenvalue weighted by atomic mass is 10.2. The molecule has 0 spiro atoms. The molecule has 2 atom stereocenters. The molecule has 0 aliphatic carbocycles. The van der Waals surface area contributed by atoms with E-state index < -0.39 is 16.7 Å². The second-order valence-corrected chi connectivity index (χ2v) is 3.47. The SMILES string of the molecule is C/C=C/[C@H](O)[C@](F)(Br)C(=O)OCC. The third-order valence-corrected chi connectivity index (χ3v) is 2.09. The summed E-state index contributed by atoms with van der Waals surface area (Å²) in [6, 6.07) is 0. The lowest BCUT2D eigenvalue weighted by molar-refractivity contribution is -0.154. The maximum Gasteiger partial charge on any atom is 0.358 e. The Kier molecular flexibility index (Phi) is 5.17. The minimum Gasteiger partial charge on any atom is -0.463 e. The molecule has 0 rings (SSSR count). The van der Waals surface area contributed by atoms with Gasteiger partial charge in [-0.25, -0.2) is 9.18 Å². The number of halogens is 2. The van der Waals surface area contributed by atoms with Gasteiger partial charge in [0.1, 0.15) is 6.10 Å². The molecule has 3 nitrogen and oxygen atoms in total. The summed E-state index contributed by atoms with van der Waals surface area (Å²) >= 11 is 2.47. The molecule has 0 radical (unpaired) electrons. The number of alkyl halides is 2. The van der Waals surface area contributed by atoms with Crippen LogP contribution in [0.2, 0.25) is 0 Å². The summed E-state index contributed by atoms with van der Waals surface area (Å²) < 4.78 is 15.3.